The van der Waals surface area contributed by atoms with Crippen LogP contribution in [0.1, 0.15) is 113 Å². The Morgan fingerprint density at radius 2 is 1.27 bits per heavy atom. The minimum Gasteiger partial charge on any atom is -0.352 e. The highest BCUT2D eigenvalue weighted by Crippen LogP contribution is 2.31. The number of benzene rings is 1. The Morgan fingerprint density at radius 1 is 0.800 bits per heavy atom. The van der Waals surface area contributed by atoms with Crippen LogP contribution in [0.2, 0.25) is 0 Å². The SMILES string of the molecule is CCCCCCCCCCCCCCCCNC(=O)c1ccc(C(F)(F)F)c(F)c1. The molecule has 0 radical (unpaired) electrons. The number of alkyl halides is 3. The lowest BCUT2D eigenvalue weighted by molar-refractivity contribution is -0.140. The number of unbranched alkanes of at least 4 members (excludes halogenated alkanes) is 13. The molecule has 0 aliphatic heterocycles. The molecule has 0 spiro atoms. The Kier molecular flexibility index (Phi) is 13.4. The topological polar surface area (TPSA) is 29.1 Å². The molecule has 1 rings (SSSR count). The number of halogens is 4. The maximum absolute atomic E-state index is 13.5. The predicted molar refractivity (Wildman–Crippen MR) is 114 cm³/mol. The van der Waals surface area contributed by atoms with Gasteiger partial charge >= 0.3 is 6.18 Å². The van der Waals surface area contributed by atoms with Crippen molar-refractivity contribution < 1.29 is 22.4 Å². The second-order valence-corrected chi connectivity index (χ2v) is 8.04. The van der Waals surface area contributed by atoms with Gasteiger partial charge in [-0.25, -0.2) is 4.39 Å². The molecule has 0 saturated heterocycles. The third kappa shape index (κ3) is 11.6. The molecule has 0 aliphatic carbocycles. The number of hydrogen-bond donors (Lipinski definition) is 1. The summed E-state index contributed by atoms with van der Waals surface area (Å²) in [6, 6.07) is 2.26. The molecule has 0 aromatic heterocycles. The van der Waals surface area contributed by atoms with Crippen molar-refractivity contribution in [3.8, 4) is 0 Å². The molecule has 0 fully saturated rings. The van der Waals surface area contributed by atoms with Crippen LogP contribution < -0.4 is 5.32 Å². The molecule has 30 heavy (non-hydrogen) atoms. The molecule has 0 atom stereocenters. The molecule has 172 valence electrons. The molecule has 1 N–H and O–H groups in total. The van der Waals surface area contributed by atoms with E-state index in [0.717, 1.165) is 25.3 Å². The van der Waals surface area contributed by atoms with Crippen LogP contribution in [-0.4, -0.2) is 12.5 Å². The van der Waals surface area contributed by atoms with Crippen LogP contribution in [0.25, 0.3) is 0 Å². The number of carbonyl (C=O) groups excluding carboxylic acids is 1. The van der Waals surface area contributed by atoms with Crippen LogP contribution in [0.4, 0.5) is 17.6 Å². The number of carbonyl (C=O) groups is 1. The molecule has 0 bridgehead atoms. The van der Waals surface area contributed by atoms with Gasteiger partial charge in [0, 0.05) is 12.1 Å². The summed E-state index contributed by atoms with van der Waals surface area (Å²) in [5, 5.41) is 2.64. The summed E-state index contributed by atoms with van der Waals surface area (Å²) in [6.45, 7) is 2.68. The smallest absolute Gasteiger partial charge is 0.352 e. The highest BCUT2D eigenvalue weighted by molar-refractivity contribution is 5.94. The zero-order chi connectivity index (χ0) is 22.2. The molecule has 0 heterocycles. The van der Waals surface area contributed by atoms with E-state index < -0.39 is 23.5 Å². The summed E-state index contributed by atoms with van der Waals surface area (Å²) < 4.78 is 51.2. The minimum absolute atomic E-state index is 0.0918. The molecule has 0 unspecified atom stereocenters. The predicted octanol–water partition coefficient (Wildman–Crippen LogP) is 8.06. The van der Waals surface area contributed by atoms with Crippen LogP contribution in [0, 0.1) is 5.82 Å². The summed E-state index contributed by atoms with van der Waals surface area (Å²) in [7, 11) is 0. The summed E-state index contributed by atoms with van der Waals surface area (Å²) in [6.07, 6.45) is 12.7. The molecular weight excluding hydrogens is 394 g/mol. The van der Waals surface area contributed by atoms with E-state index in [9.17, 15) is 22.4 Å². The third-order valence-electron chi connectivity index (χ3n) is 5.35. The monoisotopic (exact) mass is 431 g/mol. The van der Waals surface area contributed by atoms with E-state index in [4.69, 9.17) is 0 Å². The number of nitrogens with one attached hydrogen (secondary N) is 1. The number of amides is 1. The first-order valence-electron chi connectivity index (χ1n) is 11.5. The number of hydrogen-bond acceptors (Lipinski definition) is 1. The summed E-state index contributed by atoms with van der Waals surface area (Å²) in [5.74, 6) is -1.97. The van der Waals surface area contributed by atoms with Gasteiger partial charge in [0.15, 0.2) is 0 Å². The molecule has 1 amide bonds. The van der Waals surface area contributed by atoms with Gasteiger partial charge in [0.25, 0.3) is 5.91 Å². The van der Waals surface area contributed by atoms with E-state index in [1.165, 1.54) is 70.6 Å². The molecule has 1 aromatic rings. The normalized spacial score (nSPS) is 11.6. The van der Waals surface area contributed by atoms with E-state index in [2.05, 4.69) is 12.2 Å². The molecule has 0 saturated carbocycles. The van der Waals surface area contributed by atoms with Gasteiger partial charge in [0.05, 0.1) is 5.56 Å². The number of rotatable bonds is 16. The van der Waals surface area contributed by atoms with Crippen LogP contribution >= 0.6 is 0 Å². The van der Waals surface area contributed by atoms with E-state index in [1.54, 1.807) is 0 Å². The van der Waals surface area contributed by atoms with E-state index >= 15 is 0 Å². The van der Waals surface area contributed by atoms with Gasteiger partial charge in [0.1, 0.15) is 5.82 Å². The van der Waals surface area contributed by atoms with Crippen LogP contribution in [-0.2, 0) is 6.18 Å². The fourth-order valence-electron chi connectivity index (χ4n) is 3.51. The molecule has 1 aromatic carbocycles. The minimum atomic E-state index is -4.76. The lowest BCUT2D eigenvalue weighted by Gasteiger charge is -2.10. The zero-order valence-electron chi connectivity index (χ0n) is 18.3. The van der Waals surface area contributed by atoms with Crippen LogP contribution in [0.15, 0.2) is 18.2 Å². The van der Waals surface area contributed by atoms with Crippen molar-refractivity contribution in [1.29, 1.82) is 0 Å². The van der Waals surface area contributed by atoms with Crippen molar-refractivity contribution in [3.05, 3.63) is 35.1 Å². The first-order valence-corrected chi connectivity index (χ1v) is 11.5. The van der Waals surface area contributed by atoms with Crippen molar-refractivity contribution in [3.63, 3.8) is 0 Å². The van der Waals surface area contributed by atoms with Crippen molar-refractivity contribution in [2.75, 3.05) is 6.54 Å². The maximum atomic E-state index is 13.5. The highest BCUT2D eigenvalue weighted by atomic mass is 19.4. The summed E-state index contributed by atoms with van der Waals surface area (Å²) >= 11 is 0. The lowest BCUT2D eigenvalue weighted by Crippen LogP contribution is -2.24. The fourth-order valence-corrected chi connectivity index (χ4v) is 3.51. The molecular formula is C24H37F4NO. The van der Waals surface area contributed by atoms with Crippen molar-refractivity contribution >= 4 is 5.91 Å². The molecule has 6 heteroatoms. The van der Waals surface area contributed by atoms with E-state index in [-0.39, 0.29) is 5.56 Å². The van der Waals surface area contributed by atoms with Gasteiger partial charge < -0.3 is 5.32 Å². The van der Waals surface area contributed by atoms with Crippen LogP contribution in [0.5, 0.6) is 0 Å². The summed E-state index contributed by atoms with van der Waals surface area (Å²) in [4.78, 5) is 11.9. The quantitative estimate of drug-likeness (QED) is 0.208. The Labute approximate surface area is 178 Å². The van der Waals surface area contributed by atoms with Crippen molar-refractivity contribution in [2.24, 2.45) is 0 Å². The van der Waals surface area contributed by atoms with E-state index in [0.29, 0.717) is 18.7 Å². The van der Waals surface area contributed by atoms with Crippen molar-refractivity contribution in [1.82, 2.24) is 5.32 Å². The average molecular weight is 432 g/mol. The maximum Gasteiger partial charge on any atom is 0.419 e. The lowest BCUT2D eigenvalue weighted by atomic mass is 10.0. The standard InChI is InChI=1S/C24H37F4NO/c1-2-3-4-5-6-7-8-9-10-11-12-13-14-15-18-29-23(30)20-16-17-21(22(25)19-20)24(26,27)28/h16-17,19H,2-15,18H2,1H3,(H,29,30). The molecule has 2 nitrogen and oxygen atoms in total. The average Bonchev–Trinajstić information content (AvgIpc) is 2.69. The van der Waals surface area contributed by atoms with E-state index in [1.807, 2.05) is 0 Å². The van der Waals surface area contributed by atoms with Crippen molar-refractivity contribution in [2.45, 2.75) is 103 Å². The fraction of sp³-hybridized carbons (Fsp3) is 0.708. The second-order valence-electron chi connectivity index (χ2n) is 8.04. The van der Waals surface area contributed by atoms with Gasteiger partial charge in [-0.15, -0.1) is 0 Å². The van der Waals surface area contributed by atoms with Gasteiger partial charge in [0.2, 0.25) is 0 Å². The third-order valence-corrected chi connectivity index (χ3v) is 5.35. The Balaban J connectivity index is 2.00. The molecule has 0 aliphatic rings. The Morgan fingerprint density at radius 3 is 1.70 bits per heavy atom. The van der Waals surface area contributed by atoms with Gasteiger partial charge in [-0.05, 0) is 24.6 Å². The van der Waals surface area contributed by atoms with Gasteiger partial charge in [-0.3, -0.25) is 4.79 Å². The first kappa shape index (κ1) is 26.4. The van der Waals surface area contributed by atoms with Gasteiger partial charge in [-0.1, -0.05) is 90.4 Å². The highest BCUT2D eigenvalue weighted by Gasteiger charge is 2.34. The first-order chi connectivity index (χ1) is 14.4. The van der Waals surface area contributed by atoms with Gasteiger partial charge in [-0.2, -0.15) is 13.2 Å². The largest absolute Gasteiger partial charge is 0.419 e. The second kappa shape index (κ2) is 15.2. The van der Waals surface area contributed by atoms with Crippen LogP contribution in [0.3, 0.4) is 0 Å². The Bertz CT molecular complexity index is 601. The summed E-state index contributed by atoms with van der Waals surface area (Å²) in [5.41, 5.74) is -1.45. The Hall–Kier alpha value is -1.59. The zero-order valence-corrected chi connectivity index (χ0v) is 18.3.